The highest BCUT2D eigenvalue weighted by Crippen LogP contribution is 2.21. The first-order chi connectivity index (χ1) is 9.60. The Morgan fingerprint density at radius 2 is 1.40 bits per heavy atom. The summed E-state index contributed by atoms with van der Waals surface area (Å²) in [4.78, 5) is 0. The molecule has 1 aromatic rings. The highest BCUT2D eigenvalue weighted by molar-refractivity contribution is 5.37. The molecule has 0 nitrogen and oxygen atoms in total. The van der Waals surface area contributed by atoms with Gasteiger partial charge in [0.1, 0.15) is 0 Å². The van der Waals surface area contributed by atoms with Crippen molar-refractivity contribution in [3.63, 3.8) is 0 Å². The zero-order chi connectivity index (χ0) is 15.0. The minimum absolute atomic E-state index is 1.02. The topological polar surface area (TPSA) is 0 Å². The molecular formula is C20H30. The molecule has 0 spiro atoms. The molecule has 0 radical (unpaired) electrons. The van der Waals surface area contributed by atoms with Gasteiger partial charge in [0, 0.05) is 0 Å². The van der Waals surface area contributed by atoms with Crippen LogP contribution in [0, 0.1) is 0 Å². The summed E-state index contributed by atoms with van der Waals surface area (Å²) in [6.45, 7) is 15.1. The van der Waals surface area contributed by atoms with Crippen LogP contribution in [-0.2, 0) is 19.3 Å². The van der Waals surface area contributed by atoms with Crippen LogP contribution in [0.4, 0.5) is 0 Å². The second kappa shape index (κ2) is 8.79. The van der Waals surface area contributed by atoms with E-state index in [1.54, 1.807) is 0 Å². The van der Waals surface area contributed by atoms with Gasteiger partial charge in [-0.25, -0.2) is 0 Å². The van der Waals surface area contributed by atoms with Crippen molar-refractivity contribution in [1.82, 2.24) is 0 Å². The Morgan fingerprint density at radius 3 is 1.90 bits per heavy atom. The molecule has 0 aliphatic heterocycles. The van der Waals surface area contributed by atoms with E-state index < -0.39 is 0 Å². The molecule has 1 rings (SSSR count). The Kier molecular flexibility index (Phi) is 7.36. The molecule has 1 aromatic carbocycles. The highest BCUT2D eigenvalue weighted by atomic mass is 14.1. The summed E-state index contributed by atoms with van der Waals surface area (Å²) in [5.41, 5.74) is 7.02. The summed E-state index contributed by atoms with van der Waals surface area (Å²) >= 11 is 0. The molecule has 0 N–H and O–H groups in total. The number of allylic oxidation sites excluding steroid dienone is 2. The first-order valence-corrected chi connectivity index (χ1v) is 8.04. The van der Waals surface area contributed by atoms with Crippen molar-refractivity contribution in [3.8, 4) is 0 Å². The van der Waals surface area contributed by atoms with Crippen LogP contribution in [-0.4, -0.2) is 0 Å². The predicted molar refractivity (Wildman–Crippen MR) is 91.3 cm³/mol. The number of hydrogen-bond acceptors (Lipinski definition) is 0. The summed E-state index contributed by atoms with van der Waals surface area (Å²) in [7, 11) is 0. The van der Waals surface area contributed by atoms with Crippen LogP contribution in [0.15, 0.2) is 42.5 Å². The van der Waals surface area contributed by atoms with Gasteiger partial charge in [0.05, 0.1) is 0 Å². The van der Waals surface area contributed by atoms with E-state index >= 15 is 0 Å². The molecule has 0 amide bonds. The third-order valence-electron chi connectivity index (χ3n) is 3.77. The first kappa shape index (κ1) is 16.8. The molecule has 0 saturated heterocycles. The van der Waals surface area contributed by atoms with Crippen LogP contribution in [0.1, 0.15) is 63.1 Å². The lowest BCUT2D eigenvalue weighted by molar-refractivity contribution is 0.853. The van der Waals surface area contributed by atoms with Crippen molar-refractivity contribution in [3.05, 3.63) is 59.2 Å². The van der Waals surface area contributed by atoms with Crippen molar-refractivity contribution in [1.29, 1.82) is 0 Å². The second-order valence-corrected chi connectivity index (χ2v) is 5.81. The third kappa shape index (κ3) is 5.36. The lowest BCUT2D eigenvalue weighted by Crippen LogP contribution is -2.00. The molecule has 110 valence electrons. The van der Waals surface area contributed by atoms with E-state index in [0.29, 0.717) is 0 Å². The van der Waals surface area contributed by atoms with E-state index in [1.165, 1.54) is 40.7 Å². The monoisotopic (exact) mass is 270 g/mol. The van der Waals surface area contributed by atoms with Gasteiger partial charge in [-0.2, -0.15) is 0 Å². The van der Waals surface area contributed by atoms with Crippen molar-refractivity contribution in [2.24, 2.45) is 0 Å². The SMILES string of the molecule is C=C(CCC)Cc1ccc(CC)cc1CC(=C)CCC. The zero-order valence-electron chi connectivity index (χ0n) is 13.6. The summed E-state index contributed by atoms with van der Waals surface area (Å²) < 4.78 is 0. The lowest BCUT2D eigenvalue weighted by atomic mass is 9.91. The van der Waals surface area contributed by atoms with E-state index in [9.17, 15) is 0 Å². The number of benzene rings is 1. The smallest absolute Gasteiger partial charge is 0.00669 e. The molecule has 0 bridgehead atoms. The molecule has 0 saturated carbocycles. The van der Waals surface area contributed by atoms with Gasteiger partial charge in [-0.3, -0.25) is 0 Å². The fourth-order valence-electron chi connectivity index (χ4n) is 2.66. The van der Waals surface area contributed by atoms with Gasteiger partial charge in [0.15, 0.2) is 0 Å². The van der Waals surface area contributed by atoms with Crippen molar-refractivity contribution in [2.45, 2.75) is 65.7 Å². The fourth-order valence-corrected chi connectivity index (χ4v) is 2.66. The molecule has 0 fully saturated rings. The van der Waals surface area contributed by atoms with E-state index in [4.69, 9.17) is 0 Å². The van der Waals surface area contributed by atoms with Gasteiger partial charge in [-0.1, -0.05) is 76.1 Å². The minimum atomic E-state index is 1.02. The van der Waals surface area contributed by atoms with Gasteiger partial charge in [0.25, 0.3) is 0 Å². The molecular weight excluding hydrogens is 240 g/mol. The molecule has 0 atom stereocenters. The predicted octanol–water partition coefficient (Wildman–Crippen LogP) is 6.05. The van der Waals surface area contributed by atoms with E-state index in [0.717, 1.165) is 32.1 Å². The average Bonchev–Trinajstić information content (AvgIpc) is 2.41. The maximum Gasteiger partial charge on any atom is -0.00669 e. The third-order valence-corrected chi connectivity index (χ3v) is 3.77. The Balaban J connectivity index is 2.91. The van der Waals surface area contributed by atoms with Crippen LogP contribution in [0.25, 0.3) is 0 Å². The van der Waals surface area contributed by atoms with Crippen molar-refractivity contribution < 1.29 is 0 Å². The molecule has 0 aliphatic rings. The second-order valence-electron chi connectivity index (χ2n) is 5.81. The van der Waals surface area contributed by atoms with E-state index in [-0.39, 0.29) is 0 Å². The van der Waals surface area contributed by atoms with Crippen LogP contribution in [0.3, 0.4) is 0 Å². The zero-order valence-corrected chi connectivity index (χ0v) is 13.6. The Bertz CT molecular complexity index is 451. The van der Waals surface area contributed by atoms with Crippen LogP contribution in [0.2, 0.25) is 0 Å². The number of rotatable bonds is 9. The van der Waals surface area contributed by atoms with Crippen LogP contribution < -0.4 is 0 Å². The van der Waals surface area contributed by atoms with Crippen LogP contribution in [0.5, 0.6) is 0 Å². The Labute approximate surface area is 125 Å². The maximum atomic E-state index is 4.23. The summed E-state index contributed by atoms with van der Waals surface area (Å²) in [5.74, 6) is 0. The van der Waals surface area contributed by atoms with Crippen molar-refractivity contribution >= 4 is 0 Å². The largest absolute Gasteiger partial charge is 0.0995 e. The number of hydrogen-bond donors (Lipinski definition) is 0. The van der Waals surface area contributed by atoms with E-state index in [2.05, 4.69) is 52.1 Å². The average molecular weight is 270 g/mol. The highest BCUT2D eigenvalue weighted by Gasteiger charge is 2.07. The fraction of sp³-hybridized carbons (Fsp3) is 0.500. The van der Waals surface area contributed by atoms with Crippen LogP contribution >= 0.6 is 0 Å². The maximum absolute atomic E-state index is 4.23. The molecule has 0 heteroatoms. The Hall–Kier alpha value is -1.30. The van der Waals surface area contributed by atoms with Gasteiger partial charge >= 0.3 is 0 Å². The normalized spacial score (nSPS) is 10.6. The Morgan fingerprint density at radius 1 is 0.850 bits per heavy atom. The van der Waals surface area contributed by atoms with Gasteiger partial charge < -0.3 is 0 Å². The molecule has 20 heavy (non-hydrogen) atoms. The van der Waals surface area contributed by atoms with Gasteiger partial charge in [-0.15, -0.1) is 0 Å². The van der Waals surface area contributed by atoms with Gasteiger partial charge in [0.2, 0.25) is 0 Å². The summed E-state index contributed by atoms with van der Waals surface area (Å²) in [6, 6.07) is 6.93. The molecule has 0 aliphatic carbocycles. The molecule has 0 heterocycles. The van der Waals surface area contributed by atoms with Crippen molar-refractivity contribution in [2.75, 3.05) is 0 Å². The minimum Gasteiger partial charge on any atom is -0.0995 e. The first-order valence-electron chi connectivity index (χ1n) is 8.04. The quantitative estimate of drug-likeness (QED) is 0.479. The summed E-state index contributed by atoms with van der Waals surface area (Å²) in [6.07, 6.45) is 7.77. The van der Waals surface area contributed by atoms with Gasteiger partial charge in [-0.05, 0) is 48.8 Å². The van der Waals surface area contributed by atoms with E-state index in [1.807, 2.05) is 0 Å². The molecule has 0 unspecified atom stereocenters. The lowest BCUT2D eigenvalue weighted by Gasteiger charge is -2.14. The molecule has 0 aromatic heterocycles. The summed E-state index contributed by atoms with van der Waals surface area (Å²) in [5, 5.41) is 0. The standard InChI is InChI=1S/C20H30/c1-6-9-16(4)13-19-12-11-18(8-3)15-20(19)14-17(5)10-7-2/h11-12,15H,4-10,13-14H2,1-3H3. The number of aryl methyl sites for hydroxylation is 1.